The number of aromatic nitrogens is 1. The van der Waals surface area contributed by atoms with Crippen molar-refractivity contribution >= 4 is 28.0 Å². The van der Waals surface area contributed by atoms with Crippen LogP contribution in [0.4, 0.5) is 17.1 Å². The monoisotopic (exact) mass is 279 g/mol. The van der Waals surface area contributed by atoms with E-state index in [1.54, 1.807) is 13.3 Å². The maximum Gasteiger partial charge on any atom is 0.119 e. The second kappa shape index (κ2) is 5.32. The Morgan fingerprint density at radius 1 is 1.05 bits per heavy atom. The smallest absolute Gasteiger partial charge is 0.119 e. The van der Waals surface area contributed by atoms with Gasteiger partial charge < -0.3 is 15.4 Å². The fourth-order valence-corrected chi connectivity index (χ4v) is 2.42. The summed E-state index contributed by atoms with van der Waals surface area (Å²) >= 11 is 0. The standard InChI is InChI=1S/C17H17N3O/c1-20(12-6-8-13(21-2)9-7-12)16-10-11-19-17-14(16)4-3-5-15(17)18/h3-11H,18H2,1-2H3. The van der Waals surface area contributed by atoms with Crippen molar-refractivity contribution in [3.8, 4) is 5.75 Å². The van der Waals surface area contributed by atoms with Crippen LogP contribution < -0.4 is 15.4 Å². The van der Waals surface area contributed by atoms with Crippen LogP contribution in [0.5, 0.6) is 5.75 Å². The number of pyridine rings is 1. The average Bonchev–Trinajstić information content (AvgIpc) is 2.54. The Kier molecular flexibility index (Phi) is 3.36. The molecule has 0 aliphatic carbocycles. The second-order valence-electron chi connectivity index (χ2n) is 4.83. The SMILES string of the molecule is COc1ccc(N(C)c2ccnc3c(N)cccc23)cc1. The highest BCUT2D eigenvalue weighted by Crippen LogP contribution is 2.32. The number of benzene rings is 2. The highest BCUT2D eigenvalue weighted by atomic mass is 16.5. The Bertz CT molecular complexity index is 769. The van der Waals surface area contributed by atoms with Gasteiger partial charge in [0.05, 0.1) is 24.0 Å². The van der Waals surface area contributed by atoms with Crippen LogP contribution in [0.2, 0.25) is 0 Å². The molecular formula is C17H17N3O. The first kappa shape index (κ1) is 13.2. The zero-order chi connectivity index (χ0) is 14.8. The molecule has 2 N–H and O–H groups in total. The van der Waals surface area contributed by atoms with Gasteiger partial charge in [-0.25, -0.2) is 0 Å². The number of hydrogen-bond donors (Lipinski definition) is 1. The molecule has 0 amide bonds. The molecule has 4 heteroatoms. The zero-order valence-electron chi connectivity index (χ0n) is 12.1. The molecular weight excluding hydrogens is 262 g/mol. The molecule has 0 radical (unpaired) electrons. The van der Waals surface area contributed by atoms with E-state index in [4.69, 9.17) is 10.5 Å². The van der Waals surface area contributed by atoms with Crippen LogP contribution in [0.3, 0.4) is 0 Å². The van der Waals surface area contributed by atoms with Crippen LogP contribution in [-0.4, -0.2) is 19.1 Å². The van der Waals surface area contributed by atoms with E-state index in [0.29, 0.717) is 5.69 Å². The molecule has 4 nitrogen and oxygen atoms in total. The molecule has 2 aromatic carbocycles. The fraction of sp³-hybridized carbons (Fsp3) is 0.118. The molecule has 0 spiro atoms. The average molecular weight is 279 g/mol. The van der Waals surface area contributed by atoms with Gasteiger partial charge in [0, 0.05) is 24.3 Å². The summed E-state index contributed by atoms with van der Waals surface area (Å²) in [7, 11) is 3.69. The van der Waals surface area contributed by atoms with Gasteiger partial charge in [0.2, 0.25) is 0 Å². The highest BCUT2D eigenvalue weighted by molar-refractivity contribution is 5.99. The van der Waals surface area contributed by atoms with Crippen molar-refractivity contribution in [3.05, 3.63) is 54.7 Å². The number of rotatable bonds is 3. The number of ether oxygens (including phenoxy) is 1. The van der Waals surface area contributed by atoms with E-state index in [2.05, 4.69) is 9.88 Å². The van der Waals surface area contributed by atoms with Gasteiger partial charge in [0.1, 0.15) is 5.75 Å². The van der Waals surface area contributed by atoms with Crippen LogP contribution in [0.1, 0.15) is 0 Å². The van der Waals surface area contributed by atoms with Crippen LogP contribution in [-0.2, 0) is 0 Å². The zero-order valence-corrected chi connectivity index (χ0v) is 12.1. The molecule has 3 rings (SSSR count). The molecule has 0 aliphatic rings. The maximum atomic E-state index is 6.00. The maximum absolute atomic E-state index is 6.00. The van der Waals surface area contributed by atoms with Gasteiger partial charge in [-0.3, -0.25) is 4.98 Å². The van der Waals surface area contributed by atoms with Crippen molar-refractivity contribution in [2.75, 3.05) is 24.8 Å². The Labute approximate surface area is 123 Å². The molecule has 21 heavy (non-hydrogen) atoms. The summed E-state index contributed by atoms with van der Waals surface area (Å²) in [6.45, 7) is 0. The van der Waals surface area contributed by atoms with Gasteiger partial charge in [0.25, 0.3) is 0 Å². The first-order chi connectivity index (χ1) is 10.2. The van der Waals surface area contributed by atoms with Gasteiger partial charge in [-0.15, -0.1) is 0 Å². The van der Waals surface area contributed by atoms with Gasteiger partial charge in [-0.05, 0) is 36.4 Å². The van der Waals surface area contributed by atoms with E-state index in [-0.39, 0.29) is 0 Å². The molecule has 1 heterocycles. The van der Waals surface area contributed by atoms with E-state index in [1.807, 2.05) is 55.6 Å². The molecule has 0 atom stereocenters. The molecule has 0 aliphatic heterocycles. The fourth-order valence-electron chi connectivity index (χ4n) is 2.42. The van der Waals surface area contributed by atoms with E-state index < -0.39 is 0 Å². The van der Waals surface area contributed by atoms with E-state index >= 15 is 0 Å². The first-order valence-electron chi connectivity index (χ1n) is 6.71. The minimum absolute atomic E-state index is 0.692. The third-order valence-electron chi connectivity index (χ3n) is 3.60. The summed E-state index contributed by atoms with van der Waals surface area (Å²) in [4.78, 5) is 6.49. The third kappa shape index (κ3) is 2.36. The molecule has 0 fully saturated rings. The number of para-hydroxylation sites is 1. The minimum Gasteiger partial charge on any atom is -0.497 e. The van der Waals surface area contributed by atoms with Crippen LogP contribution in [0.25, 0.3) is 10.9 Å². The van der Waals surface area contributed by atoms with Crippen molar-refractivity contribution in [3.63, 3.8) is 0 Å². The second-order valence-corrected chi connectivity index (χ2v) is 4.83. The lowest BCUT2D eigenvalue weighted by Gasteiger charge is -2.21. The van der Waals surface area contributed by atoms with Crippen molar-refractivity contribution in [2.24, 2.45) is 0 Å². The summed E-state index contributed by atoms with van der Waals surface area (Å²) < 4.78 is 5.20. The quantitative estimate of drug-likeness (QED) is 0.744. The Morgan fingerprint density at radius 3 is 2.52 bits per heavy atom. The van der Waals surface area contributed by atoms with Crippen molar-refractivity contribution < 1.29 is 4.74 Å². The van der Waals surface area contributed by atoms with Crippen molar-refractivity contribution in [1.29, 1.82) is 0 Å². The Morgan fingerprint density at radius 2 is 1.81 bits per heavy atom. The molecule has 0 saturated carbocycles. The lowest BCUT2D eigenvalue weighted by Crippen LogP contribution is -2.10. The van der Waals surface area contributed by atoms with Crippen LogP contribution in [0.15, 0.2) is 54.7 Å². The molecule has 1 aromatic heterocycles. The largest absolute Gasteiger partial charge is 0.497 e. The molecule has 0 saturated heterocycles. The number of nitrogens with zero attached hydrogens (tertiary/aromatic N) is 2. The molecule has 0 unspecified atom stereocenters. The van der Waals surface area contributed by atoms with E-state index in [9.17, 15) is 0 Å². The van der Waals surface area contributed by atoms with Gasteiger partial charge in [-0.1, -0.05) is 12.1 Å². The topological polar surface area (TPSA) is 51.4 Å². The summed E-state index contributed by atoms with van der Waals surface area (Å²) in [5.41, 5.74) is 9.67. The third-order valence-corrected chi connectivity index (χ3v) is 3.60. The van der Waals surface area contributed by atoms with Crippen molar-refractivity contribution in [2.45, 2.75) is 0 Å². The minimum atomic E-state index is 0.692. The number of nitrogens with two attached hydrogens (primary N) is 1. The van der Waals surface area contributed by atoms with Crippen LogP contribution >= 0.6 is 0 Å². The first-order valence-corrected chi connectivity index (χ1v) is 6.71. The van der Waals surface area contributed by atoms with Gasteiger partial charge in [0.15, 0.2) is 0 Å². The van der Waals surface area contributed by atoms with E-state index in [0.717, 1.165) is 28.0 Å². The highest BCUT2D eigenvalue weighted by Gasteiger charge is 2.10. The number of anilines is 3. The summed E-state index contributed by atoms with van der Waals surface area (Å²) in [6, 6.07) is 15.8. The summed E-state index contributed by atoms with van der Waals surface area (Å²) in [5.74, 6) is 0.844. The number of methoxy groups -OCH3 is 1. The number of nitrogen functional groups attached to an aromatic ring is 1. The predicted molar refractivity (Wildman–Crippen MR) is 87.2 cm³/mol. The lowest BCUT2D eigenvalue weighted by molar-refractivity contribution is 0.415. The number of hydrogen-bond acceptors (Lipinski definition) is 4. The van der Waals surface area contributed by atoms with E-state index in [1.165, 1.54) is 0 Å². The summed E-state index contributed by atoms with van der Waals surface area (Å²) in [5, 5.41) is 1.04. The number of fused-ring (bicyclic) bond motifs is 1. The lowest BCUT2D eigenvalue weighted by atomic mass is 10.1. The Balaban J connectivity index is 2.08. The molecule has 0 bridgehead atoms. The normalized spacial score (nSPS) is 10.6. The summed E-state index contributed by atoms with van der Waals surface area (Å²) in [6.07, 6.45) is 1.79. The van der Waals surface area contributed by atoms with Gasteiger partial charge >= 0.3 is 0 Å². The van der Waals surface area contributed by atoms with Crippen LogP contribution in [0, 0.1) is 0 Å². The van der Waals surface area contributed by atoms with Gasteiger partial charge in [-0.2, -0.15) is 0 Å². The predicted octanol–water partition coefficient (Wildman–Crippen LogP) is 3.59. The Hall–Kier alpha value is -2.75. The molecule has 106 valence electrons. The van der Waals surface area contributed by atoms with Crippen molar-refractivity contribution in [1.82, 2.24) is 4.98 Å². The molecule has 3 aromatic rings.